The number of hydrogen-bond acceptors (Lipinski definition) is 4. The van der Waals surface area contributed by atoms with Gasteiger partial charge in [0.15, 0.2) is 0 Å². The molecule has 1 aromatic heterocycles. The summed E-state index contributed by atoms with van der Waals surface area (Å²) in [5.41, 5.74) is 4.97. The number of nitrogens with zero attached hydrogens (tertiary/aromatic N) is 1. The van der Waals surface area contributed by atoms with Gasteiger partial charge in [-0.3, -0.25) is 4.98 Å². The molecule has 182 valence electrons. The Kier molecular flexibility index (Phi) is 5.39. The number of para-hydroxylation sites is 1. The number of pyridine rings is 1. The maximum Gasteiger partial charge on any atom is 0.342 e. The van der Waals surface area contributed by atoms with Crippen LogP contribution in [0, 0.1) is 28.6 Å². The first-order valence-electron chi connectivity index (χ1n) is 13.2. The minimum atomic E-state index is -0.417. The van der Waals surface area contributed by atoms with E-state index in [4.69, 9.17) is 4.74 Å². The van der Waals surface area contributed by atoms with Crippen LogP contribution in [-0.2, 0) is 4.74 Å². The third-order valence-electron chi connectivity index (χ3n) is 10.0. The van der Waals surface area contributed by atoms with Crippen molar-refractivity contribution in [2.75, 3.05) is 0 Å². The molecule has 4 aliphatic carbocycles. The monoisotopic (exact) mass is 469 g/mol. The number of fused-ring (bicyclic) bond motifs is 5. The zero-order valence-corrected chi connectivity index (χ0v) is 20.7. The van der Waals surface area contributed by atoms with Crippen LogP contribution in [0.1, 0.15) is 74.7 Å². The molecular weight excluding hydrogens is 434 g/mol. The molecule has 2 aromatic rings. The highest BCUT2D eigenvalue weighted by atomic mass is 16.5. The van der Waals surface area contributed by atoms with E-state index in [9.17, 15) is 9.90 Å². The van der Waals surface area contributed by atoms with Gasteiger partial charge in [0.1, 0.15) is 17.4 Å². The molecule has 1 heterocycles. The number of aromatic nitrogens is 1. The van der Waals surface area contributed by atoms with E-state index in [2.05, 4.69) is 43.1 Å². The van der Waals surface area contributed by atoms with Gasteiger partial charge in [-0.15, -0.1) is 0 Å². The quantitative estimate of drug-likeness (QED) is 0.390. The van der Waals surface area contributed by atoms with Gasteiger partial charge in [-0.25, -0.2) is 4.79 Å². The summed E-state index contributed by atoms with van der Waals surface area (Å²) < 4.78 is 5.88. The maximum atomic E-state index is 12.7. The molecule has 0 amide bonds. The van der Waals surface area contributed by atoms with Crippen molar-refractivity contribution in [3.63, 3.8) is 0 Å². The Bertz CT molecular complexity index is 1200. The number of benzene rings is 1. The van der Waals surface area contributed by atoms with Gasteiger partial charge in [0.2, 0.25) is 0 Å². The van der Waals surface area contributed by atoms with Crippen molar-refractivity contribution in [3.05, 3.63) is 77.6 Å². The van der Waals surface area contributed by atoms with Crippen molar-refractivity contribution in [1.29, 1.82) is 0 Å². The van der Waals surface area contributed by atoms with E-state index < -0.39 is 5.97 Å². The lowest BCUT2D eigenvalue weighted by molar-refractivity contribution is -0.0307. The first-order valence-corrected chi connectivity index (χ1v) is 13.2. The third kappa shape index (κ3) is 3.56. The Balaban J connectivity index is 1.20. The van der Waals surface area contributed by atoms with Crippen molar-refractivity contribution in [2.24, 2.45) is 28.6 Å². The van der Waals surface area contributed by atoms with Gasteiger partial charge in [-0.05, 0) is 96.4 Å². The van der Waals surface area contributed by atoms with Crippen LogP contribution in [0.5, 0.6) is 5.75 Å². The smallest absolute Gasteiger partial charge is 0.342 e. The van der Waals surface area contributed by atoms with Crippen LogP contribution in [0.15, 0.2) is 66.5 Å². The molecule has 4 heteroatoms. The number of phenols is 1. The Labute approximate surface area is 208 Å². The molecule has 0 saturated heterocycles. The van der Waals surface area contributed by atoms with Crippen molar-refractivity contribution < 1.29 is 14.6 Å². The molecule has 6 rings (SSSR count). The lowest BCUT2D eigenvalue weighted by Gasteiger charge is -2.57. The average Bonchev–Trinajstić information content (AvgIpc) is 3.22. The summed E-state index contributed by atoms with van der Waals surface area (Å²) in [4.78, 5) is 17.1. The molecule has 0 spiro atoms. The van der Waals surface area contributed by atoms with Crippen molar-refractivity contribution in [1.82, 2.24) is 4.98 Å². The average molecular weight is 470 g/mol. The molecule has 1 N–H and O–H groups in total. The first-order chi connectivity index (χ1) is 16.9. The van der Waals surface area contributed by atoms with E-state index in [-0.39, 0.29) is 28.2 Å². The number of carbonyl (C=O) groups is 1. The predicted molar refractivity (Wildman–Crippen MR) is 137 cm³/mol. The van der Waals surface area contributed by atoms with Crippen LogP contribution in [0.25, 0.3) is 5.57 Å². The number of hydrogen-bond donors (Lipinski definition) is 1. The molecule has 2 fully saturated rings. The van der Waals surface area contributed by atoms with Gasteiger partial charge in [0, 0.05) is 18.8 Å². The molecule has 6 atom stereocenters. The molecule has 0 aliphatic heterocycles. The summed E-state index contributed by atoms with van der Waals surface area (Å²) in [6.07, 6.45) is 16.3. The minimum Gasteiger partial charge on any atom is -0.507 e. The van der Waals surface area contributed by atoms with Gasteiger partial charge in [-0.1, -0.05) is 49.8 Å². The van der Waals surface area contributed by atoms with Crippen molar-refractivity contribution in [3.8, 4) is 5.75 Å². The van der Waals surface area contributed by atoms with Gasteiger partial charge in [0.25, 0.3) is 0 Å². The summed E-state index contributed by atoms with van der Waals surface area (Å²) in [7, 11) is 0. The second kappa shape index (κ2) is 8.36. The number of esters is 1. The predicted octanol–water partition coefficient (Wildman–Crippen LogP) is 6.97. The Morgan fingerprint density at radius 3 is 2.63 bits per heavy atom. The molecule has 0 radical (unpaired) electrons. The number of aromatic hydroxyl groups is 1. The van der Waals surface area contributed by atoms with E-state index in [1.807, 2.05) is 12.4 Å². The summed E-state index contributed by atoms with van der Waals surface area (Å²) in [6.45, 7) is 4.97. The SMILES string of the molecule is CC12CCC(OC(=O)c3ccccc3O)CC1=CCC1C2CCC2(C)C(c3cccnc3)=CCC12. The fourth-order valence-corrected chi connectivity index (χ4v) is 8.13. The summed E-state index contributed by atoms with van der Waals surface area (Å²) in [5.74, 6) is 1.64. The molecule has 35 heavy (non-hydrogen) atoms. The van der Waals surface area contributed by atoms with E-state index >= 15 is 0 Å². The second-order valence-corrected chi connectivity index (χ2v) is 11.6. The Hall–Kier alpha value is -2.88. The highest BCUT2D eigenvalue weighted by Gasteiger charge is 2.57. The largest absolute Gasteiger partial charge is 0.507 e. The maximum absolute atomic E-state index is 12.7. The van der Waals surface area contributed by atoms with Crippen LogP contribution in [0.3, 0.4) is 0 Å². The molecule has 2 saturated carbocycles. The summed E-state index contributed by atoms with van der Waals surface area (Å²) >= 11 is 0. The zero-order chi connectivity index (χ0) is 24.2. The van der Waals surface area contributed by atoms with E-state index in [1.54, 1.807) is 18.2 Å². The van der Waals surface area contributed by atoms with E-state index in [1.165, 1.54) is 42.0 Å². The van der Waals surface area contributed by atoms with Crippen molar-refractivity contribution in [2.45, 2.75) is 64.9 Å². The topological polar surface area (TPSA) is 59.4 Å². The van der Waals surface area contributed by atoms with Crippen molar-refractivity contribution >= 4 is 11.5 Å². The Morgan fingerprint density at radius 1 is 1.00 bits per heavy atom. The lowest BCUT2D eigenvalue weighted by atomic mass is 9.47. The number of phenolic OH excluding ortho intramolecular Hbond substituents is 1. The first kappa shape index (κ1) is 22.6. The number of ether oxygens (including phenoxy) is 1. The van der Waals surface area contributed by atoms with Crippen LogP contribution in [0.2, 0.25) is 0 Å². The molecule has 4 aliphatic rings. The normalized spacial score (nSPS) is 35.7. The fourth-order valence-electron chi connectivity index (χ4n) is 8.13. The van der Waals surface area contributed by atoms with E-state index in [0.29, 0.717) is 17.8 Å². The number of rotatable bonds is 3. The molecule has 1 aromatic carbocycles. The van der Waals surface area contributed by atoms with Crippen LogP contribution < -0.4 is 0 Å². The third-order valence-corrected chi connectivity index (χ3v) is 10.0. The summed E-state index contributed by atoms with van der Waals surface area (Å²) in [6, 6.07) is 10.9. The summed E-state index contributed by atoms with van der Waals surface area (Å²) in [5, 5.41) is 10.0. The van der Waals surface area contributed by atoms with Crippen LogP contribution in [-0.4, -0.2) is 22.2 Å². The second-order valence-electron chi connectivity index (χ2n) is 11.6. The molecular formula is C31H35NO3. The van der Waals surface area contributed by atoms with Crippen LogP contribution in [0.4, 0.5) is 0 Å². The number of allylic oxidation sites excluding steroid dienone is 3. The standard InChI is InChI=1S/C31H35NO3/c1-30-15-13-22(35-29(34)24-7-3-4-8-28(24)33)18-21(30)9-10-23-26-12-11-25(20-6-5-17-32-19-20)31(26,2)16-14-27(23)30/h3-9,11,17,19,22-23,26-27,33H,10,12-16,18H2,1-2H3. The Morgan fingerprint density at radius 2 is 1.83 bits per heavy atom. The molecule has 6 unspecified atom stereocenters. The van der Waals surface area contributed by atoms with Gasteiger partial charge in [0.05, 0.1) is 0 Å². The van der Waals surface area contributed by atoms with Gasteiger partial charge >= 0.3 is 5.97 Å². The molecule has 4 nitrogen and oxygen atoms in total. The van der Waals surface area contributed by atoms with Gasteiger partial charge in [-0.2, -0.15) is 0 Å². The van der Waals surface area contributed by atoms with Gasteiger partial charge < -0.3 is 9.84 Å². The molecule has 0 bridgehead atoms. The number of carbonyl (C=O) groups excluding carboxylic acids is 1. The van der Waals surface area contributed by atoms with E-state index in [0.717, 1.165) is 25.7 Å². The van der Waals surface area contributed by atoms with Crippen LogP contribution >= 0.6 is 0 Å². The zero-order valence-electron chi connectivity index (χ0n) is 20.7. The highest BCUT2D eigenvalue weighted by molar-refractivity contribution is 5.92. The minimum absolute atomic E-state index is 0.0149. The lowest BCUT2D eigenvalue weighted by Crippen LogP contribution is -2.50. The fraction of sp³-hybridized carbons (Fsp3) is 0.484. The highest BCUT2D eigenvalue weighted by Crippen LogP contribution is 2.66.